The van der Waals surface area contributed by atoms with Crippen molar-refractivity contribution in [1.82, 2.24) is 19.8 Å². The van der Waals surface area contributed by atoms with Gasteiger partial charge in [-0.2, -0.15) is 0 Å². The molecule has 0 spiro atoms. The number of nitrogen functional groups attached to an aromatic ring is 1. The average molecular weight is 722 g/mol. The van der Waals surface area contributed by atoms with Crippen LogP contribution < -0.4 is 26.4 Å². The number of fused-ring (bicyclic) bond motifs is 1. The van der Waals surface area contributed by atoms with Crippen LogP contribution in [0, 0.1) is 5.41 Å². The number of anilines is 1. The fourth-order valence-electron chi connectivity index (χ4n) is 7.00. The Hall–Kier alpha value is -5.92. The number of likely N-dealkylation sites (tertiary alicyclic amines) is 1. The lowest BCUT2D eigenvalue weighted by Crippen LogP contribution is -2.45. The lowest BCUT2D eigenvalue weighted by atomic mass is 9.95. The zero-order valence-electron chi connectivity index (χ0n) is 30.0. The molecule has 4 aromatic rings. The lowest BCUT2D eigenvalue weighted by Gasteiger charge is -2.33. The van der Waals surface area contributed by atoms with Crippen LogP contribution in [0.25, 0.3) is 11.0 Å². The van der Waals surface area contributed by atoms with Crippen molar-refractivity contribution >= 4 is 46.3 Å². The fraction of sp³-hybridized carbons (Fsp3) is 0.385. The van der Waals surface area contributed by atoms with Crippen LogP contribution in [0.2, 0.25) is 0 Å². The maximum Gasteiger partial charge on any atom is 0.335 e. The maximum atomic E-state index is 14.3. The number of amidine groups is 1. The van der Waals surface area contributed by atoms with Gasteiger partial charge in [-0.1, -0.05) is 19.3 Å². The summed E-state index contributed by atoms with van der Waals surface area (Å²) in [5, 5.41) is 20.6. The van der Waals surface area contributed by atoms with Gasteiger partial charge in [0, 0.05) is 55.3 Å². The first kappa shape index (κ1) is 36.9. The van der Waals surface area contributed by atoms with Crippen LogP contribution in [0.3, 0.4) is 0 Å². The molecule has 2 fully saturated rings. The molecule has 53 heavy (non-hydrogen) atoms. The molecule has 6 rings (SSSR count). The Bertz CT molecular complexity index is 1980. The molecule has 278 valence electrons. The number of hydrogen-bond acceptors (Lipinski definition) is 7. The number of benzene rings is 3. The summed E-state index contributed by atoms with van der Waals surface area (Å²) in [5.74, 6) is -0.0778. The van der Waals surface area contributed by atoms with Crippen molar-refractivity contribution in [3.63, 3.8) is 0 Å². The predicted octanol–water partition coefficient (Wildman–Crippen LogP) is 4.49. The van der Waals surface area contributed by atoms with E-state index in [4.69, 9.17) is 26.6 Å². The number of imidazole rings is 1. The predicted molar refractivity (Wildman–Crippen MR) is 204 cm³/mol. The number of aromatic carboxylic acids is 1. The second kappa shape index (κ2) is 16.6. The number of carbonyl (C=O) groups is 3. The zero-order valence-corrected chi connectivity index (χ0v) is 30.0. The topological polar surface area (TPSA) is 205 Å². The van der Waals surface area contributed by atoms with Crippen LogP contribution in [0.15, 0.2) is 71.7 Å². The molecule has 0 atom stereocenters. The lowest BCUT2D eigenvalue weighted by molar-refractivity contribution is -0.122. The Morgan fingerprint density at radius 3 is 2.25 bits per heavy atom. The Kier molecular flexibility index (Phi) is 11.6. The molecule has 0 bridgehead atoms. The Labute approximate surface area is 308 Å². The highest BCUT2D eigenvalue weighted by Crippen LogP contribution is 2.28. The summed E-state index contributed by atoms with van der Waals surface area (Å²) < 4.78 is 8.12. The summed E-state index contributed by atoms with van der Waals surface area (Å²) in [6.45, 7) is 4.05. The number of aliphatic imine (C=N–C) groups is 1. The number of nitrogens with zero attached hydrogens (tertiary/aromatic N) is 5. The largest absolute Gasteiger partial charge is 0.490 e. The van der Waals surface area contributed by atoms with Gasteiger partial charge in [-0.05, 0) is 86.5 Å². The molecular formula is C39H47N9O5. The Morgan fingerprint density at radius 1 is 0.943 bits per heavy atom. The van der Waals surface area contributed by atoms with Gasteiger partial charge in [0.25, 0.3) is 5.91 Å². The molecule has 1 saturated heterocycles. The van der Waals surface area contributed by atoms with E-state index in [1.54, 1.807) is 39.8 Å². The molecule has 2 amide bonds. The van der Waals surface area contributed by atoms with E-state index in [1.807, 2.05) is 19.1 Å². The second-order valence-electron chi connectivity index (χ2n) is 13.5. The first-order valence-electron chi connectivity index (χ1n) is 18.2. The van der Waals surface area contributed by atoms with Crippen LogP contribution in [-0.4, -0.2) is 80.9 Å². The van der Waals surface area contributed by atoms with E-state index in [-0.39, 0.29) is 54.0 Å². The number of nitrogens with two attached hydrogens (primary N) is 2. The smallest absolute Gasteiger partial charge is 0.335 e. The van der Waals surface area contributed by atoms with Gasteiger partial charge in [-0.25, -0.2) is 9.78 Å². The molecule has 0 unspecified atom stereocenters. The first-order chi connectivity index (χ1) is 25.6. The molecule has 3 aromatic carbocycles. The van der Waals surface area contributed by atoms with E-state index in [2.05, 4.69) is 15.2 Å². The fourth-order valence-corrected chi connectivity index (χ4v) is 7.00. The molecule has 2 aliphatic rings. The summed E-state index contributed by atoms with van der Waals surface area (Å²) >= 11 is 0. The second-order valence-corrected chi connectivity index (χ2v) is 13.5. The number of piperidine rings is 1. The van der Waals surface area contributed by atoms with Gasteiger partial charge in [0.05, 0.1) is 23.1 Å². The Balaban J connectivity index is 1.30. The molecule has 1 aromatic heterocycles. The minimum atomic E-state index is -1.09. The van der Waals surface area contributed by atoms with E-state index >= 15 is 0 Å². The number of carboxylic acid groups (broad SMARTS) is 1. The zero-order chi connectivity index (χ0) is 37.5. The van der Waals surface area contributed by atoms with Crippen molar-refractivity contribution in [2.75, 3.05) is 24.5 Å². The number of ether oxygens (including phenoxy) is 1. The standard InChI is InChI=1S/C39H47N9O5/c1-2-43-39(42)46-20-18-31(19-21-46)53-30-15-13-29(14-16-30)47(37(50)25-8-10-26(11-9-25)38(51)52)23-34-45-32-22-27(36(40)41)12-17-33(32)48(34)24-35(49)44-28-6-4-3-5-7-28/h8-17,22,28,31H,2-7,18-21,23-24H2,1H3,(H3,40,41)(H2,42,43)(H,44,49)(H,51,52). The highest BCUT2D eigenvalue weighted by molar-refractivity contribution is 6.06. The third-order valence-electron chi connectivity index (χ3n) is 9.87. The summed E-state index contributed by atoms with van der Waals surface area (Å²) in [4.78, 5) is 52.1. The molecule has 14 heteroatoms. The van der Waals surface area contributed by atoms with Gasteiger partial charge in [0.2, 0.25) is 5.91 Å². The van der Waals surface area contributed by atoms with Crippen LogP contribution in [0.4, 0.5) is 5.69 Å². The highest BCUT2D eigenvalue weighted by Gasteiger charge is 2.26. The molecule has 2 heterocycles. The van der Waals surface area contributed by atoms with E-state index in [0.717, 1.165) is 51.6 Å². The van der Waals surface area contributed by atoms with Gasteiger partial charge >= 0.3 is 5.97 Å². The molecular weight excluding hydrogens is 674 g/mol. The highest BCUT2D eigenvalue weighted by atomic mass is 16.5. The minimum absolute atomic E-state index is 0.00318. The van der Waals surface area contributed by atoms with Crippen molar-refractivity contribution in [1.29, 1.82) is 5.41 Å². The van der Waals surface area contributed by atoms with Gasteiger partial charge in [0.1, 0.15) is 30.1 Å². The van der Waals surface area contributed by atoms with E-state index in [9.17, 15) is 19.5 Å². The number of hydrogen-bond donors (Lipinski definition) is 5. The van der Waals surface area contributed by atoms with Gasteiger partial charge in [0.15, 0.2) is 5.96 Å². The molecule has 14 nitrogen and oxygen atoms in total. The maximum absolute atomic E-state index is 14.3. The first-order valence-corrected chi connectivity index (χ1v) is 18.2. The average Bonchev–Trinajstić information content (AvgIpc) is 3.50. The summed E-state index contributed by atoms with van der Waals surface area (Å²) in [6.07, 6.45) is 6.77. The van der Waals surface area contributed by atoms with Crippen molar-refractivity contribution in [3.8, 4) is 5.75 Å². The quantitative estimate of drug-likeness (QED) is 0.103. The summed E-state index contributed by atoms with van der Waals surface area (Å²) in [7, 11) is 0. The molecule has 7 N–H and O–H groups in total. The number of carbonyl (C=O) groups excluding carboxylic acids is 2. The SMILES string of the molecule is CCN=C(N)N1CCC(Oc2ccc(N(Cc3nc4cc(C(=N)N)ccc4n3CC(=O)NC3CCCCC3)C(=O)c3ccc(C(=O)O)cc3)cc2)CC1. The number of carboxylic acids is 1. The van der Waals surface area contributed by atoms with E-state index in [1.165, 1.54) is 30.7 Å². The number of aromatic nitrogens is 2. The molecule has 1 saturated carbocycles. The van der Waals surface area contributed by atoms with Crippen molar-refractivity contribution < 1.29 is 24.2 Å². The number of rotatable bonds is 12. The van der Waals surface area contributed by atoms with Crippen LogP contribution in [0.1, 0.15) is 84.0 Å². The number of amides is 2. The third-order valence-corrected chi connectivity index (χ3v) is 9.87. The summed E-state index contributed by atoms with van der Waals surface area (Å²) in [5.41, 5.74) is 14.5. The van der Waals surface area contributed by atoms with Crippen LogP contribution in [0.5, 0.6) is 5.75 Å². The normalized spacial score (nSPS) is 15.6. The molecule has 1 aliphatic carbocycles. The van der Waals surface area contributed by atoms with Gasteiger partial charge in [-0.3, -0.25) is 20.0 Å². The van der Waals surface area contributed by atoms with Crippen molar-refractivity contribution in [2.24, 2.45) is 16.5 Å². The van der Waals surface area contributed by atoms with Crippen molar-refractivity contribution in [2.45, 2.75) is 77.1 Å². The monoisotopic (exact) mass is 721 g/mol. The number of nitrogens with one attached hydrogen (secondary N) is 2. The van der Waals surface area contributed by atoms with Gasteiger partial charge in [-0.15, -0.1) is 0 Å². The van der Waals surface area contributed by atoms with Crippen LogP contribution in [-0.2, 0) is 17.9 Å². The van der Waals surface area contributed by atoms with E-state index in [0.29, 0.717) is 46.4 Å². The third kappa shape index (κ3) is 8.94. The summed E-state index contributed by atoms with van der Waals surface area (Å²) in [6, 6.07) is 18.3. The minimum Gasteiger partial charge on any atom is -0.490 e. The Morgan fingerprint density at radius 2 is 1.60 bits per heavy atom. The van der Waals surface area contributed by atoms with E-state index < -0.39 is 5.97 Å². The van der Waals surface area contributed by atoms with Crippen molar-refractivity contribution in [3.05, 3.63) is 89.2 Å². The van der Waals surface area contributed by atoms with Gasteiger partial charge < -0.3 is 41.0 Å². The molecule has 0 radical (unpaired) electrons. The van der Waals surface area contributed by atoms with Crippen LogP contribution >= 0.6 is 0 Å². The molecule has 1 aliphatic heterocycles. The number of guanidine groups is 1.